The molecule has 5 rings (SSSR count). The van der Waals surface area contributed by atoms with Crippen LogP contribution >= 0.6 is 11.8 Å². The highest BCUT2D eigenvalue weighted by atomic mass is 32.2. The number of ether oxygens (including phenoxy) is 1. The van der Waals surface area contributed by atoms with Gasteiger partial charge in [0.05, 0.1) is 23.3 Å². The topological polar surface area (TPSA) is 114 Å². The number of nitrogens with one attached hydrogen (secondary N) is 1. The Morgan fingerprint density at radius 1 is 1.02 bits per heavy atom. The molecule has 0 saturated carbocycles. The molecule has 0 radical (unpaired) electrons. The van der Waals surface area contributed by atoms with Gasteiger partial charge in [0.15, 0.2) is 11.0 Å². The number of urea groups is 1. The molecule has 0 atom stereocenters. The first-order valence-corrected chi connectivity index (χ1v) is 14.2. The normalized spacial score (nSPS) is 14.9. The third-order valence-electron chi connectivity index (χ3n) is 6.28. The number of aliphatic imine (C=N–C) groups is 1. The van der Waals surface area contributed by atoms with Gasteiger partial charge in [0, 0.05) is 5.56 Å². The van der Waals surface area contributed by atoms with Crippen molar-refractivity contribution in [3.63, 3.8) is 0 Å². The molecule has 2 heterocycles. The Bertz CT molecular complexity index is 1730. The van der Waals surface area contributed by atoms with Gasteiger partial charge in [0.1, 0.15) is 12.1 Å². The monoisotopic (exact) mass is 621 g/mol. The molecule has 3 aromatic carbocycles. The van der Waals surface area contributed by atoms with E-state index in [2.05, 4.69) is 51.1 Å². The van der Waals surface area contributed by atoms with Crippen molar-refractivity contribution in [3.05, 3.63) is 90.3 Å². The average molecular weight is 622 g/mol. The summed E-state index contributed by atoms with van der Waals surface area (Å²) in [5.41, 5.74) is 5.66. The second-order valence-corrected chi connectivity index (χ2v) is 11.5. The number of rotatable bonds is 6. The van der Waals surface area contributed by atoms with Crippen LogP contribution in [0, 0.1) is 0 Å². The smallest absolute Gasteiger partial charge is 0.406 e. The quantitative estimate of drug-likeness (QED) is 0.199. The number of hydrogen-bond acceptors (Lipinski definition) is 7. The number of aromatic nitrogens is 3. The molecule has 226 valence electrons. The highest BCUT2D eigenvalue weighted by Gasteiger charge is 2.34. The Balaban J connectivity index is 1.21. The molecule has 0 spiro atoms. The van der Waals surface area contributed by atoms with Crippen LogP contribution in [0.4, 0.5) is 23.7 Å². The molecule has 0 aliphatic carbocycles. The number of hydrogen-bond donors (Lipinski definition) is 1. The van der Waals surface area contributed by atoms with Crippen molar-refractivity contribution in [1.29, 1.82) is 0 Å². The number of carbonyl (C=O) groups is 2. The number of benzene rings is 3. The van der Waals surface area contributed by atoms with Gasteiger partial charge in [-0.15, -0.1) is 18.3 Å². The maximum absolute atomic E-state index is 12.7. The number of anilines is 1. The van der Waals surface area contributed by atoms with Crippen molar-refractivity contribution in [2.75, 3.05) is 10.7 Å². The Labute approximate surface area is 254 Å². The van der Waals surface area contributed by atoms with Crippen molar-refractivity contribution >= 4 is 40.8 Å². The molecule has 1 aromatic heterocycles. The van der Waals surface area contributed by atoms with Gasteiger partial charge in [-0.3, -0.25) is 9.69 Å². The van der Waals surface area contributed by atoms with Crippen LogP contribution in [0.1, 0.15) is 31.9 Å². The number of amides is 3. The Hall–Kier alpha value is -4.98. The van der Waals surface area contributed by atoms with Crippen LogP contribution in [0.3, 0.4) is 0 Å². The molecule has 1 saturated heterocycles. The van der Waals surface area contributed by atoms with E-state index in [4.69, 9.17) is 0 Å². The van der Waals surface area contributed by atoms with E-state index >= 15 is 0 Å². The molecule has 1 fully saturated rings. The molecule has 1 N–H and O–H groups in total. The molecular weight excluding hydrogens is 595 g/mol. The van der Waals surface area contributed by atoms with Gasteiger partial charge in [0.25, 0.3) is 0 Å². The summed E-state index contributed by atoms with van der Waals surface area (Å²) in [4.78, 5) is 35.1. The van der Waals surface area contributed by atoms with Crippen molar-refractivity contribution in [2.45, 2.75) is 32.5 Å². The third-order valence-corrected chi connectivity index (χ3v) is 7.21. The highest BCUT2D eigenvalue weighted by Crippen LogP contribution is 2.36. The number of nitrogens with zero attached hydrogens (tertiary/aromatic N) is 6. The summed E-state index contributed by atoms with van der Waals surface area (Å²) in [7, 11) is 0. The Morgan fingerprint density at radius 2 is 1.73 bits per heavy atom. The second-order valence-electron chi connectivity index (χ2n) is 10.5. The van der Waals surface area contributed by atoms with Crippen LogP contribution in [0.2, 0.25) is 0 Å². The van der Waals surface area contributed by atoms with E-state index in [1.54, 1.807) is 24.3 Å². The highest BCUT2D eigenvalue weighted by molar-refractivity contribution is 8.15. The van der Waals surface area contributed by atoms with Gasteiger partial charge >= 0.3 is 12.4 Å². The van der Waals surface area contributed by atoms with E-state index in [9.17, 15) is 22.8 Å². The minimum absolute atomic E-state index is 0.158. The SMILES string of the molecule is CC(C)(C)c1ccccc1N1C(=O)CSC1=NC(=O)N/N=C/c1ccc(-c2ncn(-c3ccc(OC(F)(F)F)cc3)n2)cc1. The summed E-state index contributed by atoms with van der Waals surface area (Å²) in [6.45, 7) is 6.16. The fraction of sp³-hybridized carbons (Fsp3) is 0.200. The van der Waals surface area contributed by atoms with Crippen molar-refractivity contribution in [2.24, 2.45) is 10.1 Å². The summed E-state index contributed by atoms with van der Waals surface area (Å²) < 4.78 is 42.5. The first-order valence-electron chi connectivity index (χ1n) is 13.2. The van der Waals surface area contributed by atoms with Gasteiger partial charge in [0.2, 0.25) is 5.91 Å². The molecular formula is C30H26F3N7O3S. The fourth-order valence-corrected chi connectivity index (χ4v) is 5.16. The second kappa shape index (κ2) is 12.3. The van der Waals surface area contributed by atoms with E-state index in [0.717, 1.165) is 5.56 Å². The molecule has 0 unspecified atom stereocenters. The maximum atomic E-state index is 12.7. The number of para-hydroxylation sites is 1. The summed E-state index contributed by atoms with van der Waals surface area (Å²) in [6.07, 6.45) is -1.88. The maximum Gasteiger partial charge on any atom is 0.573 e. The zero-order chi connectivity index (χ0) is 31.5. The lowest BCUT2D eigenvalue weighted by molar-refractivity contribution is -0.274. The Kier molecular flexibility index (Phi) is 8.54. The van der Waals surface area contributed by atoms with Gasteiger partial charge in [-0.05, 0) is 46.9 Å². The van der Waals surface area contributed by atoms with Crippen LogP contribution in [-0.2, 0) is 10.2 Å². The van der Waals surface area contributed by atoms with Gasteiger partial charge in [-0.2, -0.15) is 10.1 Å². The molecule has 1 aliphatic rings. The van der Waals surface area contributed by atoms with E-state index in [1.807, 2.05) is 24.3 Å². The molecule has 44 heavy (non-hydrogen) atoms. The summed E-state index contributed by atoms with van der Waals surface area (Å²) in [6, 6.07) is 19.1. The first-order chi connectivity index (χ1) is 20.9. The minimum atomic E-state index is -4.77. The van der Waals surface area contributed by atoms with E-state index in [-0.39, 0.29) is 28.0 Å². The minimum Gasteiger partial charge on any atom is -0.406 e. The largest absolute Gasteiger partial charge is 0.573 e. The molecule has 3 amide bonds. The van der Waals surface area contributed by atoms with Crippen LogP contribution in [0.25, 0.3) is 17.1 Å². The van der Waals surface area contributed by atoms with Crippen LogP contribution < -0.4 is 15.1 Å². The summed E-state index contributed by atoms with van der Waals surface area (Å²) in [5, 5.41) is 8.63. The van der Waals surface area contributed by atoms with Crippen LogP contribution in [0.15, 0.2) is 89.2 Å². The number of alkyl halides is 3. The fourth-order valence-electron chi connectivity index (χ4n) is 4.30. The van der Waals surface area contributed by atoms with E-state index < -0.39 is 12.4 Å². The average Bonchev–Trinajstić information content (AvgIpc) is 3.60. The lowest BCUT2D eigenvalue weighted by Crippen LogP contribution is -2.33. The number of hydrazone groups is 1. The van der Waals surface area contributed by atoms with Crippen LogP contribution in [0.5, 0.6) is 5.75 Å². The molecule has 10 nitrogen and oxygen atoms in total. The molecule has 0 bridgehead atoms. The van der Waals surface area contributed by atoms with Crippen LogP contribution in [-0.4, -0.2) is 50.2 Å². The Morgan fingerprint density at radius 3 is 2.41 bits per heavy atom. The van der Waals surface area contributed by atoms with Crippen molar-refractivity contribution in [3.8, 4) is 22.8 Å². The van der Waals surface area contributed by atoms with Crippen molar-refractivity contribution < 1.29 is 27.5 Å². The number of thioether (sulfide) groups is 1. The zero-order valence-corrected chi connectivity index (χ0v) is 24.6. The van der Waals surface area contributed by atoms with Gasteiger partial charge in [-0.1, -0.05) is 75.0 Å². The third kappa shape index (κ3) is 7.32. The predicted octanol–water partition coefficient (Wildman–Crippen LogP) is 6.31. The predicted molar refractivity (Wildman–Crippen MR) is 162 cm³/mol. The lowest BCUT2D eigenvalue weighted by atomic mass is 9.85. The zero-order valence-electron chi connectivity index (χ0n) is 23.7. The molecule has 4 aromatic rings. The van der Waals surface area contributed by atoms with Gasteiger partial charge in [-0.25, -0.2) is 19.9 Å². The van der Waals surface area contributed by atoms with Gasteiger partial charge < -0.3 is 4.74 Å². The summed E-state index contributed by atoms with van der Waals surface area (Å²) >= 11 is 1.19. The molecule has 1 aliphatic heterocycles. The molecule has 14 heteroatoms. The number of carbonyl (C=O) groups excluding carboxylic acids is 2. The van der Waals surface area contributed by atoms with Crippen molar-refractivity contribution in [1.82, 2.24) is 20.2 Å². The number of halogens is 3. The lowest BCUT2D eigenvalue weighted by Gasteiger charge is -2.27. The van der Waals surface area contributed by atoms with E-state index in [0.29, 0.717) is 28.3 Å². The summed E-state index contributed by atoms with van der Waals surface area (Å²) in [5.74, 6) is 0.0825. The first kappa shape index (κ1) is 30.5. The standard InChI is InChI=1S/C30H26F3N7O3S/c1-29(2,3)23-6-4-5-7-24(23)40-25(41)17-44-28(40)36-27(42)37-35-16-19-8-10-20(11-9-19)26-34-18-39(38-26)21-12-14-22(15-13-21)43-30(31,32)33/h4-16,18H,17H2,1-3H3,(H,37,42)/b35-16+,36-28?. The van der Waals surface area contributed by atoms with E-state index in [1.165, 1.54) is 58.2 Å². The number of amidine groups is 1.